The molecule has 0 radical (unpaired) electrons. The summed E-state index contributed by atoms with van der Waals surface area (Å²) >= 11 is 0. The zero-order valence-electron chi connectivity index (χ0n) is 14.7. The van der Waals surface area contributed by atoms with E-state index in [9.17, 15) is 9.18 Å². The number of nitrogens with zero attached hydrogens (tertiary/aromatic N) is 2. The van der Waals surface area contributed by atoms with Crippen molar-refractivity contribution in [3.63, 3.8) is 0 Å². The molecular weight excluding hydrogens is 319 g/mol. The third-order valence-electron chi connectivity index (χ3n) is 4.67. The highest BCUT2D eigenvalue weighted by atomic mass is 19.1. The van der Waals surface area contributed by atoms with Gasteiger partial charge in [-0.05, 0) is 49.2 Å². The molecule has 1 amide bonds. The number of benzene rings is 2. The van der Waals surface area contributed by atoms with Gasteiger partial charge in [0.25, 0.3) is 5.91 Å². The number of carbonyl (C=O) groups excluding carboxylic acids is 1. The fourth-order valence-corrected chi connectivity index (χ4v) is 2.94. The Morgan fingerprint density at radius 1 is 1.04 bits per heavy atom. The number of rotatable bonds is 4. The highest BCUT2D eigenvalue weighted by Crippen LogP contribution is 2.20. The first kappa shape index (κ1) is 17.3. The monoisotopic (exact) mass is 342 g/mol. The van der Waals surface area contributed by atoms with Crippen LogP contribution >= 0.6 is 0 Å². The van der Waals surface area contributed by atoms with Crippen LogP contribution < -0.4 is 9.64 Å². The zero-order chi connectivity index (χ0) is 17.8. The lowest BCUT2D eigenvalue weighted by molar-refractivity contribution is -0.133. The van der Waals surface area contributed by atoms with Crippen LogP contribution in [0.3, 0.4) is 0 Å². The summed E-state index contributed by atoms with van der Waals surface area (Å²) in [6.07, 6.45) is 0. The van der Waals surface area contributed by atoms with Gasteiger partial charge in [-0.2, -0.15) is 0 Å². The average Bonchev–Trinajstić information content (AvgIpc) is 2.63. The van der Waals surface area contributed by atoms with Crippen LogP contribution in [-0.4, -0.2) is 43.6 Å². The quantitative estimate of drug-likeness (QED) is 0.856. The van der Waals surface area contributed by atoms with Crippen molar-refractivity contribution < 1.29 is 13.9 Å². The molecule has 1 aliphatic heterocycles. The number of aryl methyl sites for hydroxylation is 2. The second-order valence-electron chi connectivity index (χ2n) is 6.35. The lowest BCUT2D eigenvalue weighted by atomic mass is 10.1. The maximum atomic E-state index is 13.9. The molecule has 0 aromatic heterocycles. The first-order chi connectivity index (χ1) is 12.0. The molecule has 1 fully saturated rings. The molecular formula is C20H23FN2O2. The molecule has 4 nitrogen and oxygen atoms in total. The molecule has 1 heterocycles. The molecule has 0 bridgehead atoms. The minimum atomic E-state index is -0.222. The highest BCUT2D eigenvalue weighted by Gasteiger charge is 2.22. The lowest BCUT2D eigenvalue weighted by Gasteiger charge is -2.36. The van der Waals surface area contributed by atoms with Gasteiger partial charge in [0, 0.05) is 26.2 Å². The molecule has 1 aliphatic rings. The third kappa shape index (κ3) is 4.10. The van der Waals surface area contributed by atoms with Crippen LogP contribution in [0.5, 0.6) is 5.75 Å². The number of halogens is 1. The van der Waals surface area contributed by atoms with Crippen molar-refractivity contribution in [3.8, 4) is 5.75 Å². The number of anilines is 1. The van der Waals surface area contributed by atoms with E-state index in [-0.39, 0.29) is 18.3 Å². The van der Waals surface area contributed by atoms with Crippen LogP contribution in [0, 0.1) is 19.7 Å². The van der Waals surface area contributed by atoms with Crippen molar-refractivity contribution in [2.45, 2.75) is 13.8 Å². The van der Waals surface area contributed by atoms with Gasteiger partial charge in [0.15, 0.2) is 6.61 Å². The summed E-state index contributed by atoms with van der Waals surface area (Å²) in [7, 11) is 0. The van der Waals surface area contributed by atoms with Crippen molar-refractivity contribution >= 4 is 11.6 Å². The number of hydrogen-bond acceptors (Lipinski definition) is 3. The third-order valence-corrected chi connectivity index (χ3v) is 4.67. The predicted molar refractivity (Wildman–Crippen MR) is 96.6 cm³/mol. The molecule has 0 aliphatic carbocycles. The molecule has 0 saturated carbocycles. The number of carbonyl (C=O) groups is 1. The summed E-state index contributed by atoms with van der Waals surface area (Å²) in [5, 5.41) is 0. The van der Waals surface area contributed by atoms with E-state index in [1.807, 2.05) is 43.0 Å². The van der Waals surface area contributed by atoms with Crippen molar-refractivity contribution in [1.29, 1.82) is 0 Å². The molecule has 25 heavy (non-hydrogen) atoms. The van der Waals surface area contributed by atoms with E-state index in [0.717, 1.165) is 5.56 Å². The van der Waals surface area contributed by atoms with Crippen LogP contribution in [0.2, 0.25) is 0 Å². The summed E-state index contributed by atoms with van der Waals surface area (Å²) < 4.78 is 19.5. The maximum Gasteiger partial charge on any atom is 0.260 e. The van der Waals surface area contributed by atoms with E-state index in [1.165, 1.54) is 11.6 Å². The van der Waals surface area contributed by atoms with E-state index >= 15 is 0 Å². The Balaban J connectivity index is 1.51. The van der Waals surface area contributed by atoms with Crippen LogP contribution in [0.4, 0.5) is 10.1 Å². The van der Waals surface area contributed by atoms with Crippen molar-refractivity contribution in [2.24, 2.45) is 0 Å². The second kappa shape index (κ2) is 7.55. The van der Waals surface area contributed by atoms with Gasteiger partial charge in [0.1, 0.15) is 11.6 Å². The first-order valence-corrected chi connectivity index (χ1v) is 8.52. The molecule has 132 valence electrons. The Labute approximate surface area is 147 Å². The van der Waals surface area contributed by atoms with Crippen LogP contribution in [-0.2, 0) is 4.79 Å². The molecule has 0 unspecified atom stereocenters. The Hall–Kier alpha value is -2.56. The van der Waals surface area contributed by atoms with Gasteiger partial charge in [-0.3, -0.25) is 4.79 Å². The molecule has 0 atom stereocenters. The molecule has 0 spiro atoms. The molecule has 5 heteroatoms. The van der Waals surface area contributed by atoms with Crippen LogP contribution in [0.1, 0.15) is 11.1 Å². The maximum absolute atomic E-state index is 13.9. The normalized spacial score (nSPS) is 14.5. The fourth-order valence-electron chi connectivity index (χ4n) is 2.94. The van der Waals surface area contributed by atoms with E-state index in [1.54, 1.807) is 17.0 Å². The number of amides is 1. The van der Waals surface area contributed by atoms with Gasteiger partial charge < -0.3 is 14.5 Å². The SMILES string of the molecule is Cc1ccc(OCC(=O)N2CCN(c3ccccc3F)CC2)cc1C. The Morgan fingerprint density at radius 3 is 2.44 bits per heavy atom. The van der Waals surface area contributed by atoms with Crippen LogP contribution in [0.15, 0.2) is 42.5 Å². The van der Waals surface area contributed by atoms with E-state index in [4.69, 9.17) is 4.74 Å². The number of para-hydroxylation sites is 1. The second-order valence-corrected chi connectivity index (χ2v) is 6.35. The van der Waals surface area contributed by atoms with Crippen LogP contribution in [0.25, 0.3) is 0 Å². The smallest absolute Gasteiger partial charge is 0.260 e. The molecule has 2 aromatic rings. The molecule has 0 N–H and O–H groups in total. The minimum Gasteiger partial charge on any atom is -0.484 e. The summed E-state index contributed by atoms with van der Waals surface area (Å²) in [4.78, 5) is 16.1. The Bertz CT molecular complexity index is 755. The molecule has 3 rings (SSSR count). The largest absolute Gasteiger partial charge is 0.484 e. The van der Waals surface area contributed by atoms with Crippen molar-refractivity contribution in [1.82, 2.24) is 4.90 Å². The fraction of sp³-hybridized carbons (Fsp3) is 0.350. The standard InChI is InChI=1S/C20H23FN2O2/c1-15-7-8-17(13-16(15)2)25-14-20(24)23-11-9-22(10-12-23)19-6-4-3-5-18(19)21/h3-8,13H,9-12,14H2,1-2H3. The molecule has 1 saturated heterocycles. The van der Waals surface area contributed by atoms with Gasteiger partial charge in [-0.25, -0.2) is 4.39 Å². The van der Waals surface area contributed by atoms with Crippen molar-refractivity contribution in [2.75, 3.05) is 37.7 Å². The minimum absolute atomic E-state index is 0.0300. The van der Waals surface area contributed by atoms with Gasteiger partial charge >= 0.3 is 0 Å². The number of piperazine rings is 1. The van der Waals surface area contributed by atoms with Gasteiger partial charge in [0.05, 0.1) is 5.69 Å². The summed E-state index contributed by atoms with van der Waals surface area (Å²) in [5.74, 6) is 0.452. The number of hydrogen-bond donors (Lipinski definition) is 0. The summed E-state index contributed by atoms with van der Waals surface area (Å²) in [6.45, 7) is 6.48. The predicted octanol–water partition coefficient (Wildman–Crippen LogP) is 3.17. The topological polar surface area (TPSA) is 32.8 Å². The lowest BCUT2D eigenvalue weighted by Crippen LogP contribution is -2.50. The van der Waals surface area contributed by atoms with Gasteiger partial charge in [0.2, 0.25) is 0 Å². The van der Waals surface area contributed by atoms with E-state index in [2.05, 4.69) is 0 Å². The average molecular weight is 342 g/mol. The van der Waals surface area contributed by atoms with Crippen molar-refractivity contribution in [3.05, 3.63) is 59.4 Å². The Kier molecular flexibility index (Phi) is 5.22. The van der Waals surface area contributed by atoms with Gasteiger partial charge in [-0.1, -0.05) is 18.2 Å². The Morgan fingerprint density at radius 2 is 1.76 bits per heavy atom. The molecule has 2 aromatic carbocycles. The summed E-state index contributed by atoms with van der Waals surface area (Å²) in [6, 6.07) is 12.6. The summed E-state index contributed by atoms with van der Waals surface area (Å²) in [5.41, 5.74) is 2.94. The van der Waals surface area contributed by atoms with Gasteiger partial charge in [-0.15, -0.1) is 0 Å². The number of ether oxygens (including phenoxy) is 1. The first-order valence-electron chi connectivity index (χ1n) is 8.52. The highest BCUT2D eigenvalue weighted by molar-refractivity contribution is 5.78. The van der Waals surface area contributed by atoms with E-state index < -0.39 is 0 Å². The zero-order valence-corrected chi connectivity index (χ0v) is 14.7. The van der Waals surface area contributed by atoms with E-state index in [0.29, 0.717) is 37.6 Å².